The molecule has 1 atom stereocenters. The maximum Gasteiger partial charge on any atom is 0.222 e. The van der Waals surface area contributed by atoms with Crippen molar-refractivity contribution >= 4 is 23.1 Å². The number of aryl methyl sites for hydroxylation is 1. The molecule has 3 heterocycles. The van der Waals surface area contributed by atoms with Gasteiger partial charge in [0.2, 0.25) is 5.95 Å². The van der Waals surface area contributed by atoms with Gasteiger partial charge in [0.1, 0.15) is 5.82 Å². The zero-order chi connectivity index (χ0) is 12.7. The first-order valence-electron chi connectivity index (χ1n) is 6.09. The predicted octanol–water partition coefficient (Wildman–Crippen LogP) is 2.55. The van der Waals surface area contributed by atoms with Gasteiger partial charge in [-0.25, -0.2) is 4.98 Å². The molecule has 3 rings (SSSR count). The van der Waals surface area contributed by atoms with Crippen LogP contribution in [0.25, 0.3) is 0 Å². The molecule has 5 heteroatoms. The first-order chi connectivity index (χ1) is 8.65. The average molecular weight is 260 g/mol. The summed E-state index contributed by atoms with van der Waals surface area (Å²) >= 11 is 1.85. The van der Waals surface area contributed by atoms with Gasteiger partial charge >= 0.3 is 0 Å². The van der Waals surface area contributed by atoms with Crippen LogP contribution in [0.4, 0.5) is 11.8 Å². The topological polar surface area (TPSA) is 55.0 Å². The van der Waals surface area contributed by atoms with E-state index in [4.69, 9.17) is 5.73 Å². The van der Waals surface area contributed by atoms with E-state index in [2.05, 4.69) is 33.2 Å². The molecule has 0 aliphatic carbocycles. The van der Waals surface area contributed by atoms with Gasteiger partial charge in [-0.1, -0.05) is 0 Å². The Morgan fingerprint density at radius 1 is 1.44 bits per heavy atom. The van der Waals surface area contributed by atoms with Gasteiger partial charge in [-0.05, 0) is 37.3 Å². The summed E-state index contributed by atoms with van der Waals surface area (Å²) in [6, 6.07) is 4.58. The minimum Gasteiger partial charge on any atom is -0.368 e. The minimum atomic E-state index is 0.355. The van der Waals surface area contributed by atoms with Gasteiger partial charge in [-0.3, -0.25) is 0 Å². The normalized spacial score (nSPS) is 18.8. The third kappa shape index (κ3) is 1.84. The van der Waals surface area contributed by atoms with Gasteiger partial charge in [0.25, 0.3) is 0 Å². The van der Waals surface area contributed by atoms with Gasteiger partial charge in [-0.2, -0.15) is 4.98 Å². The van der Waals surface area contributed by atoms with Crippen molar-refractivity contribution in [3.05, 3.63) is 33.6 Å². The highest BCUT2D eigenvalue weighted by Gasteiger charge is 2.25. The highest BCUT2D eigenvalue weighted by molar-refractivity contribution is 7.10. The van der Waals surface area contributed by atoms with Gasteiger partial charge < -0.3 is 10.6 Å². The Morgan fingerprint density at radius 2 is 2.28 bits per heavy atom. The largest absolute Gasteiger partial charge is 0.368 e. The van der Waals surface area contributed by atoms with Crippen LogP contribution in [0.2, 0.25) is 0 Å². The molecule has 0 radical (unpaired) electrons. The average Bonchev–Trinajstić information content (AvgIpc) is 2.77. The summed E-state index contributed by atoms with van der Waals surface area (Å²) in [5, 5.41) is 2.17. The molecule has 1 aliphatic heterocycles. The van der Waals surface area contributed by atoms with Crippen molar-refractivity contribution < 1.29 is 0 Å². The van der Waals surface area contributed by atoms with Gasteiger partial charge in [0.05, 0.1) is 6.04 Å². The Bertz CT molecular complexity index is 558. The summed E-state index contributed by atoms with van der Waals surface area (Å²) in [4.78, 5) is 12.3. The van der Waals surface area contributed by atoms with Crippen LogP contribution in [-0.4, -0.2) is 16.5 Å². The Balaban J connectivity index is 1.99. The number of nitrogens with two attached hydrogens (primary N) is 1. The van der Waals surface area contributed by atoms with E-state index in [9.17, 15) is 0 Å². The van der Waals surface area contributed by atoms with E-state index in [0.717, 1.165) is 24.5 Å². The molecular weight excluding hydrogens is 244 g/mol. The number of aromatic nitrogens is 2. The van der Waals surface area contributed by atoms with Crippen LogP contribution in [0, 0.1) is 6.92 Å². The molecule has 0 aromatic carbocycles. The van der Waals surface area contributed by atoms with Crippen molar-refractivity contribution in [2.75, 3.05) is 17.2 Å². The SMILES string of the molecule is Cc1cc(N2CCc3sccc3C2C)nc(N)n1. The Labute approximate surface area is 110 Å². The van der Waals surface area contributed by atoms with E-state index in [-0.39, 0.29) is 0 Å². The van der Waals surface area contributed by atoms with Crippen molar-refractivity contribution in [1.82, 2.24) is 9.97 Å². The number of rotatable bonds is 1. The summed E-state index contributed by atoms with van der Waals surface area (Å²) in [6.45, 7) is 5.16. The fourth-order valence-electron chi connectivity index (χ4n) is 2.54. The summed E-state index contributed by atoms with van der Waals surface area (Å²) in [7, 11) is 0. The lowest BCUT2D eigenvalue weighted by Crippen LogP contribution is -2.34. The molecule has 94 valence electrons. The zero-order valence-corrected chi connectivity index (χ0v) is 11.4. The van der Waals surface area contributed by atoms with Gasteiger partial charge in [0, 0.05) is 23.2 Å². The van der Waals surface area contributed by atoms with Crippen LogP contribution in [-0.2, 0) is 6.42 Å². The number of anilines is 2. The molecule has 18 heavy (non-hydrogen) atoms. The molecular formula is C13H16N4S. The summed E-state index contributed by atoms with van der Waals surface area (Å²) in [5.41, 5.74) is 8.07. The third-order valence-corrected chi connectivity index (χ3v) is 4.43. The summed E-state index contributed by atoms with van der Waals surface area (Å²) < 4.78 is 0. The van der Waals surface area contributed by atoms with E-state index in [1.165, 1.54) is 10.4 Å². The van der Waals surface area contributed by atoms with Crippen molar-refractivity contribution in [1.29, 1.82) is 0 Å². The molecule has 2 N–H and O–H groups in total. The summed E-state index contributed by atoms with van der Waals surface area (Å²) in [6.07, 6.45) is 1.08. The first kappa shape index (κ1) is 11.5. The van der Waals surface area contributed by atoms with Crippen molar-refractivity contribution in [3.63, 3.8) is 0 Å². The van der Waals surface area contributed by atoms with E-state index < -0.39 is 0 Å². The second-order valence-corrected chi connectivity index (χ2v) is 5.64. The number of hydrogen-bond acceptors (Lipinski definition) is 5. The predicted molar refractivity (Wildman–Crippen MR) is 75.0 cm³/mol. The van der Waals surface area contributed by atoms with Crippen LogP contribution >= 0.6 is 11.3 Å². The van der Waals surface area contributed by atoms with Crippen LogP contribution < -0.4 is 10.6 Å². The molecule has 4 nitrogen and oxygen atoms in total. The molecule has 0 saturated carbocycles. The molecule has 2 aromatic rings. The number of nitrogen functional groups attached to an aromatic ring is 1. The van der Waals surface area contributed by atoms with E-state index in [1.54, 1.807) is 0 Å². The Morgan fingerprint density at radius 3 is 3.06 bits per heavy atom. The number of fused-ring (bicyclic) bond motifs is 1. The monoisotopic (exact) mass is 260 g/mol. The Hall–Kier alpha value is -1.62. The van der Waals surface area contributed by atoms with E-state index in [0.29, 0.717) is 12.0 Å². The number of hydrogen-bond donors (Lipinski definition) is 1. The second-order valence-electron chi connectivity index (χ2n) is 4.64. The van der Waals surface area contributed by atoms with Crippen LogP contribution in [0.3, 0.4) is 0 Å². The molecule has 0 saturated heterocycles. The van der Waals surface area contributed by atoms with Crippen molar-refractivity contribution in [2.45, 2.75) is 26.3 Å². The van der Waals surface area contributed by atoms with Crippen molar-refractivity contribution in [2.24, 2.45) is 0 Å². The maximum atomic E-state index is 5.74. The molecule has 0 fully saturated rings. The lowest BCUT2D eigenvalue weighted by Gasteiger charge is -2.34. The first-order valence-corrected chi connectivity index (χ1v) is 6.97. The smallest absolute Gasteiger partial charge is 0.222 e. The fourth-order valence-corrected chi connectivity index (χ4v) is 3.51. The number of nitrogens with zero attached hydrogens (tertiary/aromatic N) is 3. The highest BCUT2D eigenvalue weighted by Crippen LogP contribution is 2.35. The summed E-state index contributed by atoms with van der Waals surface area (Å²) in [5.74, 6) is 1.29. The van der Waals surface area contributed by atoms with Crippen molar-refractivity contribution in [3.8, 4) is 0 Å². The quantitative estimate of drug-likeness (QED) is 0.856. The molecule has 0 spiro atoms. The minimum absolute atomic E-state index is 0.355. The van der Waals surface area contributed by atoms with Crippen LogP contribution in [0.15, 0.2) is 17.5 Å². The van der Waals surface area contributed by atoms with Crippen LogP contribution in [0.1, 0.15) is 29.1 Å². The number of thiophene rings is 1. The maximum absolute atomic E-state index is 5.74. The Kier molecular flexibility index (Phi) is 2.70. The van der Waals surface area contributed by atoms with Gasteiger partial charge in [0.15, 0.2) is 0 Å². The third-order valence-electron chi connectivity index (χ3n) is 3.43. The fraction of sp³-hybridized carbons (Fsp3) is 0.385. The van der Waals surface area contributed by atoms with Crippen LogP contribution in [0.5, 0.6) is 0 Å². The lowest BCUT2D eigenvalue weighted by molar-refractivity contribution is 0.624. The lowest BCUT2D eigenvalue weighted by atomic mass is 10.0. The van der Waals surface area contributed by atoms with Gasteiger partial charge in [-0.15, -0.1) is 11.3 Å². The standard InChI is InChI=1S/C13H16N4S/c1-8-7-12(16-13(14)15-8)17-5-3-11-10(9(17)2)4-6-18-11/h4,6-7,9H,3,5H2,1-2H3,(H2,14,15,16). The molecule has 1 aliphatic rings. The molecule has 2 aromatic heterocycles. The second kappa shape index (κ2) is 4.24. The van der Waals surface area contributed by atoms with E-state index >= 15 is 0 Å². The molecule has 0 bridgehead atoms. The zero-order valence-electron chi connectivity index (χ0n) is 10.6. The van der Waals surface area contributed by atoms with E-state index in [1.807, 2.05) is 24.3 Å². The highest BCUT2D eigenvalue weighted by atomic mass is 32.1. The molecule has 0 amide bonds. The molecule has 1 unspecified atom stereocenters.